The Labute approximate surface area is 93.3 Å². The van der Waals surface area contributed by atoms with Gasteiger partial charge < -0.3 is 15.2 Å². The first-order valence-electron chi connectivity index (χ1n) is 6.02. The van der Waals surface area contributed by atoms with Gasteiger partial charge in [0.1, 0.15) is 0 Å². The molecule has 0 saturated heterocycles. The van der Waals surface area contributed by atoms with Gasteiger partial charge in [-0.3, -0.25) is 0 Å². The fourth-order valence-electron chi connectivity index (χ4n) is 2.34. The summed E-state index contributed by atoms with van der Waals surface area (Å²) in [5.41, 5.74) is 6.34. The Balaban J connectivity index is 2.00. The third kappa shape index (κ3) is 4.96. The summed E-state index contributed by atoms with van der Waals surface area (Å²) in [4.78, 5) is 0. The standard InChI is InChI=1S/C12H25NO2/c1-11-4-5-12(13,10-11)6-9-15-8-3-7-14-2/h11H,3-10,13H2,1-2H3. The summed E-state index contributed by atoms with van der Waals surface area (Å²) >= 11 is 0. The van der Waals surface area contributed by atoms with Crippen molar-refractivity contribution in [3.8, 4) is 0 Å². The van der Waals surface area contributed by atoms with Crippen LogP contribution in [-0.2, 0) is 9.47 Å². The molecule has 0 aliphatic heterocycles. The SMILES string of the molecule is COCCCOCCC1(N)CCC(C)C1. The second kappa shape index (κ2) is 6.46. The highest BCUT2D eigenvalue weighted by Crippen LogP contribution is 2.34. The molecule has 3 nitrogen and oxygen atoms in total. The maximum absolute atomic E-state index is 6.29. The minimum Gasteiger partial charge on any atom is -0.385 e. The molecule has 1 saturated carbocycles. The van der Waals surface area contributed by atoms with Gasteiger partial charge in [0.15, 0.2) is 0 Å². The second-order valence-electron chi connectivity index (χ2n) is 4.92. The smallest absolute Gasteiger partial charge is 0.0487 e. The Morgan fingerprint density at radius 2 is 2.13 bits per heavy atom. The van der Waals surface area contributed by atoms with E-state index in [9.17, 15) is 0 Å². The van der Waals surface area contributed by atoms with Gasteiger partial charge in [-0.25, -0.2) is 0 Å². The minimum atomic E-state index is 0.0562. The summed E-state index contributed by atoms with van der Waals surface area (Å²) in [5, 5.41) is 0. The number of nitrogens with two attached hydrogens (primary N) is 1. The third-order valence-electron chi connectivity index (χ3n) is 3.27. The zero-order chi connectivity index (χ0) is 11.1. The molecule has 15 heavy (non-hydrogen) atoms. The van der Waals surface area contributed by atoms with Crippen molar-refractivity contribution in [1.29, 1.82) is 0 Å². The molecule has 90 valence electrons. The number of hydrogen-bond acceptors (Lipinski definition) is 3. The molecule has 2 atom stereocenters. The van der Waals surface area contributed by atoms with Gasteiger partial charge in [0.05, 0.1) is 0 Å². The van der Waals surface area contributed by atoms with Crippen molar-refractivity contribution in [1.82, 2.24) is 0 Å². The predicted octanol–water partition coefficient (Wildman–Crippen LogP) is 1.95. The van der Waals surface area contributed by atoms with Crippen LogP contribution in [0.15, 0.2) is 0 Å². The van der Waals surface area contributed by atoms with Crippen LogP contribution in [0, 0.1) is 5.92 Å². The second-order valence-corrected chi connectivity index (χ2v) is 4.92. The van der Waals surface area contributed by atoms with Crippen LogP contribution in [0.4, 0.5) is 0 Å². The van der Waals surface area contributed by atoms with E-state index in [0.29, 0.717) is 0 Å². The van der Waals surface area contributed by atoms with Gasteiger partial charge in [-0.1, -0.05) is 6.92 Å². The molecule has 0 spiro atoms. The van der Waals surface area contributed by atoms with Crippen molar-refractivity contribution < 1.29 is 9.47 Å². The molecule has 0 heterocycles. The molecule has 1 rings (SSSR count). The highest BCUT2D eigenvalue weighted by Gasteiger charge is 2.32. The molecular formula is C12H25NO2. The number of methoxy groups -OCH3 is 1. The van der Waals surface area contributed by atoms with E-state index in [-0.39, 0.29) is 5.54 Å². The van der Waals surface area contributed by atoms with Crippen molar-refractivity contribution in [2.75, 3.05) is 26.9 Å². The van der Waals surface area contributed by atoms with Crippen LogP contribution in [-0.4, -0.2) is 32.5 Å². The molecule has 0 aromatic heterocycles. The van der Waals surface area contributed by atoms with Crippen molar-refractivity contribution in [3.63, 3.8) is 0 Å². The van der Waals surface area contributed by atoms with Gasteiger partial charge in [0, 0.05) is 32.5 Å². The topological polar surface area (TPSA) is 44.5 Å². The molecule has 0 bridgehead atoms. The van der Waals surface area contributed by atoms with Crippen LogP contribution in [0.2, 0.25) is 0 Å². The molecule has 1 aliphatic carbocycles. The fraction of sp³-hybridized carbons (Fsp3) is 1.00. The maximum atomic E-state index is 6.29. The summed E-state index contributed by atoms with van der Waals surface area (Å²) in [6, 6.07) is 0. The number of hydrogen-bond donors (Lipinski definition) is 1. The minimum absolute atomic E-state index is 0.0562. The Morgan fingerprint density at radius 3 is 2.73 bits per heavy atom. The third-order valence-corrected chi connectivity index (χ3v) is 3.27. The monoisotopic (exact) mass is 215 g/mol. The van der Waals surface area contributed by atoms with Crippen molar-refractivity contribution in [3.05, 3.63) is 0 Å². The van der Waals surface area contributed by atoms with Gasteiger partial charge in [0.25, 0.3) is 0 Å². The van der Waals surface area contributed by atoms with Gasteiger partial charge in [-0.2, -0.15) is 0 Å². The zero-order valence-electron chi connectivity index (χ0n) is 10.1. The molecule has 0 aromatic carbocycles. The van der Waals surface area contributed by atoms with E-state index in [0.717, 1.165) is 51.4 Å². The normalized spacial score (nSPS) is 31.0. The molecule has 1 aliphatic rings. The van der Waals surface area contributed by atoms with Gasteiger partial charge >= 0.3 is 0 Å². The summed E-state index contributed by atoms with van der Waals surface area (Å²) in [6.07, 6.45) is 5.58. The first kappa shape index (κ1) is 12.9. The van der Waals surface area contributed by atoms with Crippen LogP contribution >= 0.6 is 0 Å². The van der Waals surface area contributed by atoms with E-state index in [1.54, 1.807) is 7.11 Å². The Hall–Kier alpha value is -0.120. The van der Waals surface area contributed by atoms with Gasteiger partial charge in [-0.15, -0.1) is 0 Å². The molecule has 2 unspecified atom stereocenters. The van der Waals surface area contributed by atoms with Gasteiger partial charge in [-0.05, 0) is 38.0 Å². The molecule has 0 radical (unpaired) electrons. The lowest BCUT2D eigenvalue weighted by molar-refractivity contribution is 0.0902. The van der Waals surface area contributed by atoms with E-state index in [1.807, 2.05) is 0 Å². The zero-order valence-corrected chi connectivity index (χ0v) is 10.1. The summed E-state index contributed by atoms with van der Waals surface area (Å²) in [7, 11) is 1.72. The van der Waals surface area contributed by atoms with Crippen molar-refractivity contribution in [2.45, 2.75) is 44.6 Å². The molecule has 0 amide bonds. The predicted molar refractivity (Wildman–Crippen MR) is 61.9 cm³/mol. The Bertz CT molecular complexity index is 175. The Morgan fingerprint density at radius 1 is 1.33 bits per heavy atom. The first-order valence-corrected chi connectivity index (χ1v) is 6.02. The molecular weight excluding hydrogens is 190 g/mol. The van der Waals surface area contributed by atoms with Crippen LogP contribution in [0.25, 0.3) is 0 Å². The lowest BCUT2D eigenvalue weighted by Crippen LogP contribution is -2.38. The number of ether oxygens (including phenoxy) is 2. The molecule has 0 aromatic rings. The number of rotatable bonds is 7. The first-order chi connectivity index (χ1) is 7.16. The van der Waals surface area contributed by atoms with E-state index < -0.39 is 0 Å². The molecule has 2 N–H and O–H groups in total. The van der Waals surface area contributed by atoms with E-state index >= 15 is 0 Å². The molecule has 3 heteroatoms. The maximum Gasteiger partial charge on any atom is 0.0487 e. The van der Waals surface area contributed by atoms with Crippen LogP contribution in [0.5, 0.6) is 0 Å². The molecule has 1 fully saturated rings. The average molecular weight is 215 g/mol. The van der Waals surface area contributed by atoms with Crippen LogP contribution in [0.3, 0.4) is 0 Å². The summed E-state index contributed by atoms with van der Waals surface area (Å²) in [6.45, 7) is 4.66. The van der Waals surface area contributed by atoms with E-state index in [4.69, 9.17) is 15.2 Å². The lowest BCUT2D eigenvalue weighted by atomic mass is 9.94. The largest absolute Gasteiger partial charge is 0.385 e. The van der Waals surface area contributed by atoms with E-state index in [1.165, 1.54) is 6.42 Å². The highest BCUT2D eigenvalue weighted by atomic mass is 16.5. The average Bonchev–Trinajstić information content (AvgIpc) is 2.53. The Kier molecular flexibility index (Phi) is 5.58. The fourth-order valence-corrected chi connectivity index (χ4v) is 2.34. The summed E-state index contributed by atoms with van der Waals surface area (Å²) in [5.74, 6) is 0.795. The van der Waals surface area contributed by atoms with Crippen LogP contribution in [0.1, 0.15) is 39.0 Å². The summed E-state index contributed by atoms with van der Waals surface area (Å²) < 4.78 is 10.5. The van der Waals surface area contributed by atoms with Crippen LogP contribution < -0.4 is 5.73 Å². The van der Waals surface area contributed by atoms with Crippen molar-refractivity contribution in [2.24, 2.45) is 11.7 Å². The van der Waals surface area contributed by atoms with Crippen molar-refractivity contribution >= 4 is 0 Å². The highest BCUT2D eigenvalue weighted by molar-refractivity contribution is 4.91. The van der Waals surface area contributed by atoms with Gasteiger partial charge in [0.2, 0.25) is 0 Å². The quantitative estimate of drug-likeness (QED) is 0.660. The van der Waals surface area contributed by atoms with E-state index in [2.05, 4.69) is 6.92 Å². The lowest BCUT2D eigenvalue weighted by Gasteiger charge is -2.23.